The fourth-order valence-corrected chi connectivity index (χ4v) is 3.71. The summed E-state index contributed by atoms with van der Waals surface area (Å²) in [5.74, 6) is 0.283. The van der Waals surface area contributed by atoms with Crippen molar-refractivity contribution in [2.24, 2.45) is 0 Å². The van der Waals surface area contributed by atoms with Gasteiger partial charge >= 0.3 is 5.97 Å². The molecule has 2 aromatic carbocycles. The predicted molar refractivity (Wildman–Crippen MR) is 118 cm³/mol. The van der Waals surface area contributed by atoms with Crippen LogP contribution in [0.3, 0.4) is 0 Å². The van der Waals surface area contributed by atoms with Crippen molar-refractivity contribution < 1.29 is 14.3 Å². The van der Waals surface area contributed by atoms with Gasteiger partial charge in [-0.1, -0.05) is 53.5 Å². The fourth-order valence-electron chi connectivity index (χ4n) is 3.35. The average Bonchev–Trinajstić information content (AvgIpc) is 3.22. The summed E-state index contributed by atoms with van der Waals surface area (Å²) in [4.78, 5) is 16.4. The van der Waals surface area contributed by atoms with Crippen molar-refractivity contribution >= 4 is 32.8 Å². The Morgan fingerprint density at radius 1 is 1.03 bits per heavy atom. The fraction of sp³-hybridized carbons (Fsp3) is 0.167. The van der Waals surface area contributed by atoms with E-state index in [1.807, 2.05) is 18.2 Å². The second-order valence-corrected chi connectivity index (χ2v) is 7.90. The lowest BCUT2D eigenvalue weighted by molar-refractivity contribution is 0.0699. The van der Waals surface area contributed by atoms with Gasteiger partial charge in [0.1, 0.15) is 11.5 Å². The van der Waals surface area contributed by atoms with Gasteiger partial charge in [-0.05, 0) is 54.8 Å². The number of aromatic nitrogens is 1. The maximum atomic E-state index is 11.8. The summed E-state index contributed by atoms with van der Waals surface area (Å²) in [5.41, 5.74) is 3.62. The van der Waals surface area contributed by atoms with Crippen LogP contribution in [0.4, 0.5) is 0 Å². The van der Waals surface area contributed by atoms with Crippen molar-refractivity contribution in [1.29, 1.82) is 0 Å². The van der Waals surface area contributed by atoms with Crippen LogP contribution in [0.2, 0.25) is 0 Å². The van der Waals surface area contributed by atoms with E-state index >= 15 is 0 Å². The summed E-state index contributed by atoms with van der Waals surface area (Å²) in [5, 5.41) is 10.2. The number of halogens is 1. The second-order valence-electron chi connectivity index (χ2n) is 6.99. The number of hydrogen-bond donors (Lipinski definition) is 1. The van der Waals surface area contributed by atoms with E-state index in [-0.39, 0.29) is 5.56 Å². The van der Waals surface area contributed by atoms with Crippen molar-refractivity contribution in [2.75, 3.05) is 0 Å². The Hall–Kier alpha value is -2.92. The Bertz CT molecular complexity index is 1180. The molecule has 0 saturated heterocycles. The number of carbonyl (C=O) groups is 1. The van der Waals surface area contributed by atoms with E-state index < -0.39 is 5.97 Å². The minimum Gasteiger partial charge on any atom is -0.478 e. The summed E-state index contributed by atoms with van der Waals surface area (Å²) < 4.78 is 6.83. The van der Waals surface area contributed by atoms with Gasteiger partial charge in [0.25, 0.3) is 0 Å². The molecule has 4 aromatic rings. The molecular formula is C24H20BrNO3. The van der Waals surface area contributed by atoms with Gasteiger partial charge in [0.15, 0.2) is 5.76 Å². The molecule has 2 heterocycles. The van der Waals surface area contributed by atoms with Crippen molar-refractivity contribution in [3.05, 3.63) is 76.3 Å². The predicted octanol–water partition coefficient (Wildman–Crippen LogP) is 6.97. The number of unbranched alkanes of at least 4 members (excludes halogenated alkanes) is 1. The second kappa shape index (κ2) is 8.21. The number of nitrogens with zero attached hydrogens (tertiary/aromatic N) is 1. The lowest BCUT2D eigenvalue weighted by atomic mass is 10.1. The maximum absolute atomic E-state index is 11.8. The van der Waals surface area contributed by atoms with Crippen molar-refractivity contribution in [3.8, 4) is 22.8 Å². The Labute approximate surface area is 177 Å². The zero-order valence-electron chi connectivity index (χ0n) is 16.0. The molecule has 4 rings (SSSR count). The summed E-state index contributed by atoms with van der Waals surface area (Å²) in [6.07, 6.45) is 3.44. The number of aromatic carboxylic acids is 1. The number of rotatable bonds is 6. The standard InChI is InChI=1S/C24H20BrNO3/c1-2-3-4-15-5-7-16(8-6-15)22-11-12-23(29-22)21-14-19(24(27)28)18-13-17(25)9-10-20(18)26-21/h5-14H,2-4H2,1H3,(H,27,28). The molecule has 0 radical (unpaired) electrons. The molecule has 0 aliphatic rings. The van der Waals surface area contributed by atoms with E-state index in [2.05, 4.69) is 52.1 Å². The number of benzene rings is 2. The lowest BCUT2D eigenvalue weighted by Gasteiger charge is -2.06. The van der Waals surface area contributed by atoms with E-state index in [1.54, 1.807) is 18.2 Å². The van der Waals surface area contributed by atoms with E-state index in [4.69, 9.17) is 4.42 Å². The number of carboxylic acid groups (broad SMARTS) is 1. The van der Waals surface area contributed by atoms with Crippen LogP contribution in [0.1, 0.15) is 35.7 Å². The Morgan fingerprint density at radius 2 is 1.79 bits per heavy atom. The molecule has 5 heteroatoms. The molecule has 0 saturated carbocycles. The molecule has 0 spiro atoms. The van der Waals surface area contributed by atoms with Gasteiger partial charge in [0, 0.05) is 15.4 Å². The highest BCUT2D eigenvalue weighted by Crippen LogP contribution is 2.31. The molecule has 0 unspecified atom stereocenters. The molecule has 2 aromatic heterocycles. The van der Waals surface area contributed by atoms with Gasteiger partial charge in [-0.3, -0.25) is 0 Å². The first kappa shape index (κ1) is 19.4. The van der Waals surface area contributed by atoms with Crippen LogP contribution in [0.25, 0.3) is 33.7 Å². The SMILES string of the molecule is CCCCc1ccc(-c2ccc(-c3cc(C(=O)O)c4cc(Br)ccc4n3)o2)cc1. The number of aryl methyl sites for hydroxylation is 1. The summed E-state index contributed by atoms with van der Waals surface area (Å²) in [7, 11) is 0. The number of hydrogen-bond acceptors (Lipinski definition) is 3. The molecule has 1 N–H and O–H groups in total. The van der Waals surface area contributed by atoms with Gasteiger partial charge in [0.2, 0.25) is 0 Å². The Morgan fingerprint density at radius 3 is 2.52 bits per heavy atom. The molecule has 0 atom stereocenters. The van der Waals surface area contributed by atoms with Gasteiger partial charge < -0.3 is 9.52 Å². The lowest BCUT2D eigenvalue weighted by Crippen LogP contribution is -2.00. The number of fused-ring (bicyclic) bond motifs is 1. The van der Waals surface area contributed by atoms with Gasteiger partial charge in [-0.2, -0.15) is 0 Å². The molecule has 0 aliphatic carbocycles. The van der Waals surface area contributed by atoms with Gasteiger partial charge in [-0.25, -0.2) is 9.78 Å². The zero-order chi connectivity index (χ0) is 20.4. The molecule has 4 nitrogen and oxygen atoms in total. The van der Waals surface area contributed by atoms with Crippen molar-refractivity contribution in [1.82, 2.24) is 4.98 Å². The Kier molecular flexibility index (Phi) is 5.49. The number of pyridine rings is 1. The maximum Gasteiger partial charge on any atom is 0.336 e. The number of carboxylic acids is 1. The van der Waals surface area contributed by atoms with Crippen LogP contribution in [-0.2, 0) is 6.42 Å². The molecule has 146 valence electrons. The van der Waals surface area contributed by atoms with E-state index in [9.17, 15) is 9.90 Å². The smallest absolute Gasteiger partial charge is 0.336 e. The highest BCUT2D eigenvalue weighted by Gasteiger charge is 2.16. The third kappa shape index (κ3) is 4.10. The Balaban J connectivity index is 1.70. The molecule has 0 amide bonds. The first-order valence-electron chi connectivity index (χ1n) is 9.58. The number of furan rings is 1. The summed E-state index contributed by atoms with van der Waals surface area (Å²) in [6, 6.07) is 19.1. The summed E-state index contributed by atoms with van der Waals surface area (Å²) in [6.45, 7) is 2.19. The van der Waals surface area contributed by atoms with Crippen molar-refractivity contribution in [3.63, 3.8) is 0 Å². The minimum atomic E-state index is -0.994. The minimum absolute atomic E-state index is 0.199. The average molecular weight is 450 g/mol. The largest absolute Gasteiger partial charge is 0.478 e. The highest BCUT2D eigenvalue weighted by molar-refractivity contribution is 9.10. The highest BCUT2D eigenvalue weighted by atomic mass is 79.9. The van der Waals surface area contributed by atoms with E-state index in [0.29, 0.717) is 22.4 Å². The first-order valence-corrected chi connectivity index (χ1v) is 10.4. The zero-order valence-corrected chi connectivity index (χ0v) is 17.6. The van der Waals surface area contributed by atoms with E-state index in [0.717, 1.165) is 22.2 Å². The summed E-state index contributed by atoms with van der Waals surface area (Å²) >= 11 is 3.39. The molecular weight excluding hydrogens is 430 g/mol. The third-order valence-electron chi connectivity index (χ3n) is 4.92. The van der Waals surface area contributed by atoms with Crippen LogP contribution < -0.4 is 0 Å². The molecule has 0 bridgehead atoms. The van der Waals surface area contributed by atoms with Crippen LogP contribution in [0.15, 0.2) is 69.6 Å². The van der Waals surface area contributed by atoms with Crippen molar-refractivity contribution in [2.45, 2.75) is 26.2 Å². The topological polar surface area (TPSA) is 63.3 Å². The van der Waals surface area contributed by atoms with E-state index in [1.165, 1.54) is 18.4 Å². The molecule has 0 fully saturated rings. The van der Waals surface area contributed by atoms with Crippen LogP contribution in [-0.4, -0.2) is 16.1 Å². The normalized spacial score (nSPS) is 11.1. The quantitative estimate of drug-likeness (QED) is 0.345. The molecule has 0 aliphatic heterocycles. The monoisotopic (exact) mass is 449 g/mol. The van der Waals surface area contributed by atoms with Crippen LogP contribution >= 0.6 is 15.9 Å². The third-order valence-corrected chi connectivity index (χ3v) is 5.41. The first-order chi connectivity index (χ1) is 14.0. The van der Waals surface area contributed by atoms with Gasteiger partial charge in [0.05, 0.1) is 11.1 Å². The molecule has 29 heavy (non-hydrogen) atoms. The van der Waals surface area contributed by atoms with Gasteiger partial charge in [-0.15, -0.1) is 0 Å². The van der Waals surface area contributed by atoms with Crippen LogP contribution in [0, 0.1) is 0 Å². The van der Waals surface area contributed by atoms with Crippen LogP contribution in [0.5, 0.6) is 0 Å².